The molecule has 0 aliphatic carbocycles. The van der Waals surface area contributed by atoms with E-state index in [1.807, 2.05) is 37.3 Å². The van der Waals surface area contributed by atoms with E-state index in [9.17, 15) is 4.79 Å². The second-order valence-electron chi connectivity index (χ2n) is 4.61. The highest BCUT2D eigenvalue weighted by Crippen LogP contribution is 2.08. The molecule has 20 heavy (non-hydrogen) atoms. The van der Waals surface area contributed by atoms with E-state index in [1.165, 1.54) is 5.56 Å². The predicted octanol–water partition coefficient (Wildman–Crippen LogP) is 3.74. The molecular weight excluding hydrogens is 252 g/mol. The Bertz CT molecular complexity index is 398. The summed E-state index contributed by atoms with van der Waals surface area (Å²) in [7, 11) is 0. The van der Waals surface area contributed by atoms with E-state index >= 15 is 0 Å². The average Bonchev–Trinajstić information content (AvgIpc) is 2.47. The molecule has 1 aromatic carbocycles. The molecule has 0 spiro atoms. The molecule has 0 amide bonds. The van der Waals surface area contributed by atoms with Crippen LogP contribution in [0.25, 0.3) is 0 Å². The van der Waals surface area contributed by atoms with Gasteiger partial charge in [0, 0.05) is 0 Å². The lowest BCUT2D eigenvalue weighted by Crippen LogP contribution is -2.07. The summed E-state index contributed by atoms with van der Waals surface area (Å²) in [6.45, 7) is 5.66. The smallest absolute Gasteiger partial charge is 0.309 e. The molecule has 110 valence electrons. The SMILES string of the molecule is CCOC(=O)C/C=C/[C@@H](CC)COCc1ccccc1. The Hall–Kier alpha value is -1.61. The third kappa shape index (κ3) is 7.10. The van der Waals surface area contributed by atoms with E-state index in [2.05, 4.69) is 19.1 Å². The Morgan fingerprint density at radius 3 is 2.65 bits per heavy atom. The number of ether oxygens (including phenoxy) is 2. The number of rotatable bonds is 9. The molecule has 0 unspecified atom stereocenters. The quantitative estimate of drug-likeness (QED) is 0.509. The van der Waals surface area contributed by atoms with Crippen LogP contribution >= 0.6 is 0 Å². The lowest BCUT2D eigenvalue weighted by atomic mass is 10.1. The fourth-order valence-electron chi connectivity index (χ4n) is 1.79. The summed E-state index contributed by atoms with van der Waals surface area (Å²) in [4.78, 5) is 11.2. The number of carbonyl (C=O) groups is 1. The molecule has 0 aliphatic heterocycles. The summed E-state index contributed by atoms with van der Waals surface area (Å²) in [5, 5.41) is 0. The maximum atomic E-state index is 11.2. The third-order valence-corrected chi connectivity index (χ3v) is 2.97. The van der Waals surface area contributed by atoms with Gasteiger partial charge in [0.1, 0.15) is 0 Å². The van der Waals surface area contributed by atoms with Gasteiger partial charge in [-0.2, -0.15) is 0 Å². The number of hydrogen-bond acceptors (Lipinski definition) is 3. The zero-order valence-electron chi connectivity index (χ0n) is 12.4. The molecule has 3 heteroatoms. The highest BCUT2D eigenvalue weighted by molar-refractivity contribution is 5.71. The van der Waals surface area contributed by atoms with Gasteiger partial charge in [-0.1, -0.05) is 49.4 Å². The average molecular weight is 276 g/mol. The van der Waals surface area contributed by atoms with E-state index in [4.69, 9.17) is 9.47 Å². The summed E-state index contributed by atoms with van der Waals surface area (Å²) in [5.74, 6) is 0.164. The summed E-state index contributed by atoms with van der Waals surface area (Å²) < 4.78 is 10.6. The number of carbonyl (C=O) groups excluding carboxylic acids is 1. The van der Waals surface area contributed by atoms with E-state index < -0.39 is 0 Å². The molecule has 0 bridgehead atoms. The minimum atomic E-state index is -0.177. The molecule has 0 fully saturated rings. The number of benzene rings is 1. The monoisotopic (exact) mass is 276 g/mol. The van der Waals surface area contributed by atoms with Crippen molar-refractivity contribution in [1.29, 1.82) is 0 Å². The first-order valence-corrected chi connectivity index (χ1v) is 7.20. The third-order valence-electron chi connectivity index (χ3n) is 2.97. The standard InChI is InChI=1S/C17H24O3/c1-3-15(11-8-12-17(18)20-4-2)13-19-14-16-9-6-5-7-10-16/h5-11,15H,3-4,12-14H2,1-2H3/b11-8+/t15-/m1/s1. The second-order valence-corrected chi connectivity index (χ2v) is 4.61. The molecule has 0 saturated carbocycles. The zero-order chi connectivity index (χ0) is 14.6. The number of hydrogen-bond donors (Lipinski definition) is 0. The second kappa shape index (κ2) is 10.2. The lowest BCUT2D eigenvalue weighted by molar-refractivity contribution is -0.142. The van der Waals surface area contributed by atoms with Crippen LogP contribution in [0.1, 0.15) is 32.3 Å². The highest BCUT2D eigenvalue weighted by Gasteiger charge is 2.03. The summed E-state index contributed by atoms with van der Waals surface area (Å²) in [6, 6.07) is 10.1. The molecule has 3 nitrogen and oxygen atoms in total. The molecule has 0 aromatic heterocycles. The van der Waals surface area contributed by atoms with Crippen LogP contribution in [0.4, 0.5) is 0 Å². The molecule has 0 heterocycles. The van der Waals surface area contributed by atoms with Gasteiger partial charge in [-0.15, -0.1) is 0 Å². The number of esters is 1. The van der Waals surface area contributed by atoms with Crippen LogP contribution in [0.15, 0.2) is 42.5 Å². The topological polar surface area (TPSA) is 35.5 Å². The summed E-state index contributed by atoms with van der Waals surface area (Å²) in [6.07, 6.45) is 5.25. The molecule has 0 aliphatic rings. The maximum absolute atomic E-state index is 11.2. The van der Waals surface area contributed by atoms with Crippen molar-refractivity contribution in [3.05, 3.63) is 48.0 Å². The summed E-state index contributed by atoms with van der Waals surface area (Å²) >= 11 is 0. The van der Waals surface area contributed by atoms with Crippen molar-refractivity contribution in [2.24, 2.45) is 5.92 Å². The summed E-state index contributed by atoms with van der Waals surface area (Å²) in [5.41, 5.74) is 1.18. The van der Waals surface area contributed by atoms with Gasteiger partial charge in [0.25, 0.3) is 0 Å². The van der Waals surface area contributed by atoms with Crippen LogP contribution in [0.2, 0.25) is 0 Å². The van der Waals surface area contributed by atoms with E-state index in [0.717, 1.165) is 6.42 Å². The van der Waals surface area contributed by atoms with Gasteiger partial charge in [-0.25, -0.2) is 0 Å². The van der Waals surface area contributed by atoms with Crippen LogP contribution < -0.4 is 0 Å². The van der Waals surface area contributed by atoms with Crippen LogP contribution in [0, 0.1) is 5.92 Å². The molecule has 1 rings (SSSR count). The van der Waals surface area contributed by atoms with E-state index in [0.29, 0.717) is 32.2 Å². The van der Waals surface area contributed by atoms with Crippen molar-refractivity contribution in [2.75, 3.05) is 13.2 Å². The van der Waals surface area contributed by atoms with Crippen molar-refractivity contribution in [3.8, 4) is 0 Å². The first-order valence-electron chi connectivity index (χ1n) is 7.20. The van der Waals surface area contributed by atoms with Gasteiger partial charge in [-0.05, 0) is 24.8 Å². The molecule has 1 aromatic rings. The van der Waals surface area contributed by atoms with Gasteiger partial charge in [-0.3, -0.25) is 4.79 Å². The maximum Gasteiger partial charge on any atom is 0.309 e. The molecule has 1 atom stereocenters. The molecule has 0 saturated heterocycles. The Kier molecular flexibility index (Phi) is 8.40. The van der Waals surface area contributed by atoms with Gasteiger partial charge in [0.15, 0.2) is 0 Å². The Balaban J connectivity index is 2.25. The van der Waals surface area contributed by atoms with Gasteiger partial charge in [0.05, 0.1) is 26.2 Å². The first kappa shape index (κ1) is 16.4. The van der Waals surface area contributed by atoms with Crippen molar-refractivity contribution < 1.29 is 14.3 Å². The predicted molar refractivity (Wildman–Crippen MR) is 80.3 cm³/mol. The zero-order valence-corrected chi connectivity index (χ0v) is 12.4. The minimum absolute atomic E-state index is 0.177. The molecule has 0 N–H and O–H groups in total. The van der Waals surface area contributed by atoms with Gasteiger partial charge < -0.3 is 9.47 Å². The Labute approximate surface area is 121 Å². The fourth-order valence-corrected chi connectivity index (χ4v) is 1.79. The normalized spacial score (nSPS) is 12.5. The van der Waals surface area contributed by atoms with E-state index in [-0.39, 0.29) is 5.97 Å². The van der Waals surface area contributed by atoms with Gasteiger partial charge in [0.2, 0.25) is 0 Å². The lowest BCUT2D eigenvalue weighted by Gasteiger charge is -2.11. The van der Waals surface area contributed by atoms with Crippen LogP contribution in [-0.2, 0) is 20.9 Å². The Morgan fingerprint density at radius 2 is 2.00 bits per heavy atom. The van der Waals surface area contributed by atoms with Crippen molar-refractivity contribution in [1.82, 2.24) is 0 Å². The largest absolute Gasteiger partial charge is 0.466 e. The van der Waals surface area contributed by atoms with Crippen molar-refractivity contribution >= 4 is 5.97 Å². The van der Waals surface area contributed by atoms with Crippen LogP contribution in [-0.4, -0.2) is 19.2 Å². The molecular formula is C17H24O3. The van der Waals surface area contributed by atoms with E-state index in [1.54, 1.807) is 0 Å². The highest BCUT2D eigenvalue weighted by atomic mass is 16.5. The molecule has 0 radical (unpaired) electrons. The first-order chi connectivity index (χ1) is 9.76. The van der Waals surface area contributed by atoms with Crippen molar-refractivity contribution in [2.45, 2.75) is 33.3 Å². The van der Waals surface area contributed by atoms with Gasteiger partial charge >= 0.3 is 5.97 Å². The minimum Gasteiger partial charge on any atom is -0.466 e. The fraction of sp³-hybridized carbons (Fsp3) is 0.471. The van der Waals surface area contributed by atoms with Crippen LogP contribution in [0.3, 0.4) is 0 Å². The van der Waals surface area contributed by atoms with Crippen LogP contribution in [0.5, 0.6) is 0 Å². The Morgan fingerprint density at radius 1 is 1.25 bits per heavy atom. The van der Waals surface area contributed by atoms with Crippen molar-refractivity contribution in [3.63, 3.8) is 0 Å².